The van der Waals surface area contributed by atoms with Gasteiger partial charge in [0, 0.05) is 58.2 Å². The Hall–Kier alpha value is -2.43. The van der Waals surface area contributed by atoms with Crippen molar-refractivity contribution in [2.24, 2.45) is 0 Å². The van der Waals surface area contributed by atoms with Crippen LogP contribution in [0, 0.1) is 5.82 Å². The van der Waals surface area contributed by atoms with Crippen LogP contribution >= 0.6 is 0 Å². The predicted molar refractivity (Wildman–Crippen MR) is 96.3 cm³/mol. The molecule has 0 unspecified atom stereocenters. The number of hydrogen-bond donors (Lipinski definition) is 1. The molecule has 0 aromatic carbocycles. The second-order valence-corrected chi connectivity index (χ2v) is 8.50. The number of fused-ring (bicyclic) bond motifs is 1. The molecule has 144 valence electrons. The van der Waals surface area contributed by atoms with Gasteiger partial charge in [-0.3, -0.25) is 14.8 Å². The Balaban J connectivity index is 1.71. The third kappa shape index (κ3) is 4.12. The quantitative estimate of drug-likeness (QED) is 0.807. The third-order valence-electron chi connectivity index (χ3n) is 4.32. The standard InChI is InChI=1S/C17H20FN5O3S/c1-22(2)27(25,26)23-6-4-16-13(11-23)7-12(8-20-16)9-21-17(24)14-3-5-19-10-15(14)18/h3,5,7-8,10H,4,6,9,11H2,1-2H3,(H,21,24). The van der Waals surface area contributed by atoms with Crippen LogP contribution in [0.5, 0.6) is 0 Å². The zero-order chi connectivity index (χ0) is 19.6. The first kappa shape index (κ1) is 19.3. The lowest BCUT2D eigenvalue weighted by atomic mass is 10.1. The van der Waals surface area contributed by atoms with Gasteiger partial charge in [0.2, 0.25) is 0 Å². The van der Waals surface area contributed by atoms with Crippen LogP contribution in [0.4, 0.5) is 4.39 Å². The predicted octanol–water partition coefficient (Wildman–Crippen LogP) is 0.710. The Labute approximate surface area is 157 Å². The SMILES string of the molecule is CN(C)S(=O)(=O)N1CCc2ncc(CNC(=O)c3ccncc3F)cc2C1. The fourth-order valence-corrected chi connectivity index (χ4v) is 3.90. The molecule has 0 aliphatic carbocycles. The number of halogens is 1. The molecule has 3 heterocycles. The number of carbonyl (C=O) groups is 1. The number of rotatable bonds is 5. The lowest BCUT2D eigenvalue weighted by Gasteiger charge is -2.29. The minimum atomic E-state index is -3.50. The Kier molecular flexibility index (Phi) is 5.49. The normalized spacial score (nSPS) is 14.8. The van der Waals surface area contributed by atoms with Crippen LogP contribution in [-0.4, -0.2) is 53.5 Å². The summed E-state index contributed by atoms with van der Waals surface area (Å²) < 4.78 is 40.8. The molecular weight excluding hydrogens is 373 g/mol. The van der Waals surface area contributed by atoms with E-state index < -0.39 is 21.9 Å². The van der Waals surface area contributed by atoms with Crippen molar-refractivity contribution in [3.05, 3.63) is 58.9 Å². The van der Waals surface area contributed by atoms with Crippen molar-refractivity contribution < 1.29 is 17.6 Å². The highest BCUT2D eigenvalue weighted by Gasteiger charge is 2.29. The summed E-state index contributed by atoms with van der Waals surface area (Å²) in [4.78, 5) is 20.1. The smallest absolute Gasteiger partial charge is 0.281 e. The van der Waals surface area contributed by atoms with Gasteiger partial charge >= 0.3 is 0 Å². The molecular formula is C17H20FN5O3S. The maximum Gasteiger partial charge on any atom is 0.281 e. The molecule has 8 nitrogen and oxygen atoms in total. The average Bonchev–Trinajstić information content (AvgIpc) is 2.65. The van der Waals surface area contributed by atoms with Gasteiger partial charge in [-0.1, -0.05) is 0 Å². The minimum Gasteiger partial charge on any atom is -0.348 e. The molecule has 10 heteroatoms. The summed E-state index contributed by atoms with van der Waals surface area (Å²) in [7, 11) is -0.514. The summed E-state index contributed by atoms with van der Waals surface area (Å²) >= 11 is 0. The largest absolute Gasteiger partial charge is 0.348 e. The fourth-order valence-electron chi connectivity index (χ4n) is 2.81. The van der Waals surface area contributed by atoms with Gasteiger partial charge in [-0.2, -0.15) is 17.0 Å². The Bertz CT molecular complexity index is 965. The topological polar surface area (TPSA) is 95.5 Å². The minimum absolute atomic E-state index is 0.0841. The van der Waals surface area contributed by atoms with E-state index in [4.69, 9.17) is 0 Å². The van der Waals surface area contributed by atoms with Crippen molar-refractivity contribution in [1.29, 1.82) is 0 Å². The number of hydrogen-bond acceptors (Lipinski definition) is 5. The Morgan fingerprint density at radius 3 is 2.85 bits per heavy atom. The maximum atomic E-state index is 13.6. The maximum absolute atomic E-state index is 13.6. The van der Waals surface area contributed by atoms with Crippen LogP contribution < -0.4 is 5.32 Å². The molecule has 3 rings (SSSR count). The van der Waals surface area contributed by atoms with E-state index in [1.165, 1.54) is 35.0 Å². The first-order chi connectivity index (χ1) is 12.8. The van der Waals surface area contributed by atoms with Gasteiger partial charge in [-0.15, -0.1) is 0 Å². The van der Waals surface area contributed by atoms with Crippen LogP contribution in [0.1, 0.15) is 27.2 Å². The van der Waals surface area contributed by atoms with Gasteiger partial charge in [-0.25, -0.2) is 4.39 Å². The number of aromatic nitrogens is 2. The Morgan fingerprint density at radius 2 is 2.15 bits per heavy atom. The van der Waals surface area contributed by atoms with E-state index in [2.05, 4.69) is 15.3 Å². The van der Waals surface area contributed by atoms with Crippen molar-refractivity contribution in [2.75, 3.05) is 20.6 Å². The van der Waals surface area contributed by atoms with Gasteiger partial charge in [0.1, 0.15) is 0 Å². The fraction of sp³-hybridized carbons (Fsp3) is 0.353. The molecule has 2 aromatic rings. The van der Waals surface area contributed by atoms with Crippen LogP contribution in [0.15, 0.2) is 30.7 Å². The molecule has 0 saturated carbocycles. The summed E-state index contributed by atoms with van der Waals surface area (Å²) in [5, 5.41) is 2.64. The second kappa shape index (κ2) is 7.67. The molecule has 1 N–H and O–H groups in total. The van der Waals surface area contributed by atoms with Crippen LogP contribution in [0.25, 0.3) is 0 Å². The number of nitrogens with one attached hydrogen (secondary N) is 1. The van der Waals surface area contributed by atoms with E-state index in [-0.39, 0.29) is 18.7 Å². The van der Waals surface area contributed by atoms with Crippen molar-refractivity contribution in [3.8, 4) is 0 Å². The molecule has 27 heavy (non-hydrogen) atoms. The van der Waals surface area contributed by atoms with Gasteiger partial charge in [0.25, 0.3) is 16.1 Å². The van der Waals surface area contributed by atoms with E-state index >= 15 is 0 Å². The van der Waals surface area contributed by atoms with Crippen LogP contribution in [0.3, 0.4) is 0 Å². The summed E-state index contributed by atoms with van der Waals surface area (Å²) in [6, 6.07) is 3.13. The summed E-state index contributed by atoms with van der Waals surface area (Å²) in [6.45, 7) is 0.753. The molecule has 0 saturated heterocycles. The molecule has 0 bridgehead atoms. The van der Waals surface area contributed by atoms with E-state index in [1.54, 1.807) is 6.20 Å². The van der Waals surface area contributed by atoms with Crippen LogP contribution in [0.2, 0.25) is 0 Å². The first-order valence-corrected chi connectivity index (χ1v) is 9.70. The van der Waals surface area contributed by atoms with E-state index in [1.807, 2.05) is 6.07 Å². The first-order valence-electron chi connectivity index (χ1n) is 8.31. The number of nitrogens with zero attached hydrogens (tertiary/aromatic N) is 4. The average molecular weight is 393 g/mol. The lowest BCUT2D eigenvalue weighted by Crippen LogP contribution is -2.43. The van der Waals surface area contributed by atoms with Crippen molar-refractivity contribution in [3.63, 3.8) is 0 Å². The van der Waals surface area contributed by atoms with Crippen LogP contribution in [-0.2, 0) is 29.7 Å². The highest BCUT2D eigenvalue weighted by molar-refractivity contribution is 7.86. The molecule has 0 radical (unpaired) electrons. The second-order valence-electron chi connectivity index (χ2n) is 6.36. The highest BCUT2D eigenvalue weighted by Crippen LogP contribution is 2.21. The van der Waals surface area contributed by atoms with Gasteiger partial charge < -0.3 is 5.32 Å². The van der Waals surface area contributed by atoms with E-state index in [0.717, 1.165) is 17.5 Å². The summed E-state index contributed by atoms with van der Waals surface area (Å²) in [5.41, 5.74) is 2.27. The molecule has 1 amide bonds. The van der Waals surface area contributed by atoms with Crippen molar-refractivity contribution in [1.82, 2.24) is 23.9 Å². The van der Waals surface area contributed by atoms with Gasteiger partial charge in [0.05, 0.1) is 11.8 Å². The summed E-state index contributed by atoms with van der Waals surface area (Å²) in [5.74, 6) is -1.24. The number of pyridine rings is 2. The Morgan fingerprint density at radius 1 is 1.37 bits per heavy atom. The number of carbonyl (C=O) groups excluding carboxylic acids is 1. The van der Waals surface area contributed by atoms with Crippen molar-refractivity contribution in [2.45, 2.75) is 19.5 Å². The third-order valence-corrected chi connectivity index (χ3v) is 6.21. The molecule has 0 fully saturated rings. The molecule has 1 aliphatic heterocycles. The van der Waals surface area contributed by atoms with E-state index in [0.29, 0.717) is 18.5 Å². The van der Waals surface area contributed by atoms with E-state index in [9.17, 15) is 17.6 Å². The number of amides is 1. The van der Waals surface area contributed by atoms with Gasteiger partial charge in [-0.05, 0) is 23.3 Å². The zero-order valence-electron chi connectivity index (χ0n) is 15.0. The molecule has 1 aliphatic rings. The molecule has 2 aromatic heterocycles. The van der Waals surface area contributed by atoms with Crippen molar-refractivity contribution >= 4 is 16.1 Å². The van der Waals surface area contributed by atoms with Gasteiger partial charge in [0.15, 0.2) is 5.82 Å². The zero-order valence-corrected chi connectivity index (χ0v) is 15.8. The molecule has 0 spiro atoms. The lowest BCUT2D eigenvalue weighted by molar-refractivity contribution is 0.0946. The summed E-state index contributed by atoms with van der Waals surface area (Å²) in [6.07, 6.45) is 4.49. The monoisotopic (exact) mass is 393 g/mol. The highest BCUT2D eigenvalue weighted by atomic mass is 32.2. The molecule has 0 atom stereocenters.